The Hall–Kier alpha value is -1.43. The zero-order valence-electron chi connectivity index (χ0n) is 14.6. The molecular weight excluding hydrogens is 320 g/mol. The number of aliphatic hydroxyl groups excluding tert-OH is 1. The third kappa shape index (κ3) is 4.81. The van der Waals surface area contributed by atoms with Crippen molar-refractivity contribution in [2.45, 2.75) is 44.3 Å². The summed E-state index contributed by atoms with van der Waals surface area (Å²) in [6, 6.07) is 9.10. The van der Waals surface area contributed by atoms with Crippen LogP contribution in [0.5, 0.6) is 0 Å². The minimum absolute atomic E-state index is 0.191. The van der Waals surface area contributed by atoms with E-state index in [4.69, 9.17) is 19.3 Å². The van der Waals surface area contributed by atoms with Crippen LogP contribution in [0.15, 0.2) is 30.3 Å². The summed E-state index contributed by atoms with van der Waals surface area (Å²) >= 11 is 0. The summed E-state index contributed by atoms with van der Waals surface area (Å²) in [5, 5.41) is 8.79. The maximum Gasteiger partial charge on any atom is 0.338 e. The van der Waals surface area contributed by atoms with Crippen molar-refractivity contribution in [2.24, 2.45) is 11.8 Å². The van der Waals surface area contributed by atoms with E-state index < -0.39 is 0 Å². The number of rotatable bonds is 10. The number of benzene rings is 1. The van der Waals surface area contributed by atoms with E-state index >= 15 is 0 Å². The van der Waals surface area contributed by atoms with Crippen molar-refractivity contribution in [2.75, 3.05) is 26.4 Å². The van der Waals surface area contributed by atoms with Crippen LogP contribution in [-0.4, -0.2) is 49.7 Å². The van der Waals surface area contributed by atoms with E-state index in [0.717, 1.165) is 32.1 Å². The Morgan fingerprint density at radius 3 is 2.48 bits per heavy atom. The normalized spacial score (nSPS) is 27.6. The van der Waals surface area contributed by atoms with E-state index in [1.807, 2.05) is 18.2 Å². The fourth-order valence-electron chi connectivity index (χ4n) is 3.87. The van der Waals surface area contributed by atoms with Gasteiger partial charge in [-0.05, 0) is 44.2 Å². The molecule has 5 nitrogen and oxygen atoms in total. The highest BCUT2D eigenvalue weighted by molar-refractivity contribution is 5.89. The van der Waals surface area contributed by atoms with Crippen LogP contribution in [0.1, 0.15) is 42.5 Å². The van der Waals surface area contributed by atoms with Crippen LogP contribution in [0, 0.1) is 11.8 Å². The highest BCUT2D eigenvalue weighted by atomic mass is 16.5. The second-order valence-electron chi connectivity index (χ2n) is 6.94. The molecule has 4 atom stereocenters. The molecule has 5 heteroatoms. The fraction of sp³-hybridized carbons (Fsp3) is 0.650. The van der Waals surface area contributed by atoms with E-state index in [9.17, 15) is 4.79 Å². The summed E-state index contributed by atoms with van der Waals surface area (Å²) in [6.45, 7) is 2.01. The first-order valence-electron chi connectivity index (χ1n) is 9.36. The molecule has 0 spiro atoms. The second-order valence-corrected chi connectivity index (χ2v) is 6.94. The zero-order chi connectivity index (χ0) is 17.5. The van der Waals surface area contributed by atoms with Gasteiger partial charge in [-0.1, -0.05) is 18.2 Å². The van der Waals surface area contributed by atoms with Crippen LogP contribution in [0.25, 0.3) is 0 Å². The summed E-state index contributed by atoms with van der Waals surface area (Å²) in [5.41, 5.74) is 0.586. The molecule has 2 aliphatic heterocycles. The van der Waals surface area contributed by atoms with Gasteiger partial charge in [0, 0.05) is 25.0 Å². The van der Waals surface area contributed by atoms with Crippen molar-refractivity contribution in [3.8, 4) is 0 Å². The van der Waals surface area contributed by atoms with E-state index in [-0.39, 0.29) is 30.7 Å². The summed E-state index contributed by atoms with van der Waals surface area (Å²) in [7, 11) is 0. The minimum atomic E-state index is -0.271. The van der Waals surface area contributed by atoms with Crippen molar-refractivity contribution in [3.05, 3.63) is 35.9 Å². The monoisotopic (exact) mass is 348 g/mol. The molecule has 0 radical (unpaired) electrons. The van der Waals surface area contributed by atoms with Crippen LogP contribution >= 0.6 is 0 Å². The van der Waals surface area contributed by atoms with Crippen LogP contribution in [0.3, 0.4) is 0 Å². The lowest BCUT2D eigenvalue weighted by Gasteiger charge is -2.27. The maximum absolute atomic E-state index is 12.2. The molecule has 138 valence electrons. The molecular formula is C20H28O5. The van der Waals surface area contributed by atoms with Gasteiger partial charge in [-0.3, -0.25) is 0 Å². The van der Waals surface area contributed by atoms with Gasteiger partial charge < -0.3 is 19.3 Å². The lowest BCUT2D eigenvalue weighted by Crippen LogP contribution is -2.34. The van der Waals surface area contributed by atoms with Crippen molar-refractivity contribution in [3.63, 3.8) is 0 Å². The molecule has 1 aromatic carbocycles. The summed E-state index contributed by atoms with van der Waals surface area (Å²) < 4.78 is 17.4. The van der Waals surface area contributed by atoms with Gasteiger partial charge in [0.1, 0.15) is 0 Å². The van der Waals surface area contributed by atoms with Crippen LogP contribution in [0.2, 0.25) is 0 Å². The van der Waals surface area contributed by atoms with Gasteiger partial charge in [-0.2, -0.15) is 0 Å². The molecule has 4 unspecified atom stereocenters. The smallest absolute Gasteiger partial charge is 0.338 e. The number of aliphatic hydroxyl groups is 1. The molecule has 3 rings (SSSR count). The SMILES string of the molecule is O=C(OCC1C2CCC(O2)C1COCCCCCO)c1ccccc1. The highest BCUT2D eigenvalue weighted by Crippen LogP contribution is 2.43. The molecule has 2 aliphatic rings. The molecule has 0 aliphatic carbocycles. The minimum Gasteiger partial charge on any atom is -0.462 e. The molecule has 2 bridgehead atoms. The Bertz CT molecular complexity index is 532. The van der Waals surface area contributed by atoms with E-state index in [0.29, 0.717) is 31.3 Å². The number of hydrogen-bond acceptors (Lipinski definition) is 5. The topological polar surface area (TPSA) is 65.0 Å². The molecule has 2 saturated heterocycles. The highest BCUT2D eigenvalue weighted by Gasteiger charge is 2.49. The molecule has 0 amide bonds. The molecule has 2 heterocycles. The van der Waals surface area contributed by atoms with Crippen LogP contribution in [-0.2, 0) is 14.2 Å². The van der Waals surface area contributed by atoms with Gasteiger partial charge in [-0.15, -0.1) is 0 Å². The number of fused-ring (bicyclic) bond motifs is 2. The average Bonchev–Trinajstić information content (AvgIpc) is 3.25. The number of unbranched alkanes of at least 4 members (excludes halogenated alkanes) is 2. The number of carbonyl (C=O) groups excluding carboxylic acids is 1. The summed E-state index contributed by atoms with van der Waals surface area (Å²) in [5.74, 6) is 0.260. The van der Waals surface area contributed by atoms with E-state index in [2.05, 4.69) is 0 Å². The Morgan fingerprint density at radius 1 is 1.04 bits per heavy atom. The average molecular weight is 348 g/mol. The molecule has 0 aromatic heterocycles. The third-order valence-electron chi connectivity index (χ3n) is 5.26. The maximum atomic E-state index is 12.2. The van der Waals surface area contributed by atoms with Crippen molar-refractivity contribution < 1.29 is 24.1 Å². The number of hydrogen-bond donors (Lipinski definition) is 1. The molecule has 1 aromatic rings. The van der Waals surface area contributed by atoms with Crippen molar-refractivity contribution >= 4 is 5.97 Å². The number of esters is 1. The van der Waals surface area contributed by atoms with Gasteiger partial charge in [0.05, 0.1) is 31.0 Å². The first-order chi connectivity index (χ1) is 12.3. The zero-order valence-corrected chi connectivity index (χ0v) is 14.6. The molecule has 1 N–H and O–H groups in total. The predicted molar refractivity (Wildman–Crippen MR) is 93.4 cm³/mol. The van der Waals surface area contributed by atoms with E-state index in [1.165, 1.54) is 0 Å². The van der Waals surface area contributed by atoms with Crippen LogP contribution in [0.4, 0.5) is 0 Å². The number of ether oxygens (including phenoxy) is 3. The lowest BCUT2D eigenvalue weighted by atomic mass is 9.80. The second kappa shape index (κ2) is 9.32. The first-order valence-corrected chi connectivity index (χ1v) is 9.36. The Balaban J connectivity index is 1.45. The Labute approximate surface area is 149 Å². The quantitative estimate of drug-likeness (QED) is 0.520. The van der Waals surface area contributed by atoms with Gasteiger partial charge in [0.15, 0.2) is 0 Å². The molecule has 0 saturated carbocycles. The largest absolute Gasteiger partial charge is 0.462 e. The number of carbonyl (C=O) groups is 1. The Kier molecular flexibility index (Phi) is 6.84. The summed E-state index contributed by atoms with van der Waals surface area (Å²) in [6.07, 6.45) is 5.34. The van der Waals surface area contributed by atoms with Gasteiger partial charge >= 0.3 is 5.97 Å². The molecule has 25 heavy (non-hydrogen) atoms. The van der Waals surface area contributed by atoms with Gasteiger partial charge in [0.25, 0.3) is 0 Å². The van der Waals surface area contributed by atoms with Gasteiger partial charge in [0.2, 0.25) is 0 Å². The molecule has 2 fully saturated rings. The van der Waals surface area contributed by atoms with Crippen LogP contribution < -0.4 is 0 Å². The van der Waals surface area contributed by atoms with Crippen molar-refractivity contribution in [1.29, 1.82) is 0 Å². The first kappa shape index (κ1) is 18.4. The lowest BCUT2D eigenvalue weighted by molar-refractivity contribution is 0.0218. The third-order valence-corrected chi connectivity index (χ3v) is 5.26. The van der Waals surface area contributed by atoms with Gasteiger partial charge in [-0.25, -0.2) is 4.79 Å². The van der Waals surface area contributed by atoms with E-state index in [1.54, 1.807) is 12.1 Å². The fourth-order valence-corrected chi connectivity index (χ4v) is 3.87. The predicted octanol–water partition coefficient (Wildman–Crippen LogP) is 2.82. The van der Waals surface area contributed by atoms with Crippen molar-refractivity contribution in [1.82, 2.24) is 0 Å². The Morgan fingerprint density at radius 2 is 1.76 bits per heavy atom. The summed E-state index contributed by atoms with van der Waals surface area (Å²) in [4.78, 5) is 12.2. The standard InChI is InChI=1S/C20H28O5/c21-11-5-2-6-12-23-13-16-17(19-10-9-18(16)25-19)14-24-20(22)15-7-3-1-4-8-15/h1,3-4,7-8,16-19,21H,2,5-6,9-14H2.